The van der Waals surface area contributed by atoms with Crippen molar-refractivity contribution in [1.82, 2.24) is 19.9 Å². The maximum absolute atomic E-state index is 14.4. The van der Waals surface area contributed by atoms with E-state index in [1.54, 1.807) is 12.1 Å². The van der Waals surface area contributed by atoms with Crippen molar-refractivity contribution in [2.45, 2.75) is 99.6 Å². The third-order valence-electron chi connectivity index (χ3n) is 9.95. The molecule has 0 bridgehead atoms. The number of aromatic nitrogens is 1. The Labute approximate surface area is 283 Å². The number of thiazole rings is 1. The number of amides is 3. The maximum atomic E-state index is 14.4. The number of sulfonamides is 1. The van der Waals surface area contributed by atoms with E-state index < -0.39 is 56.6 Å². The molecule has 48 heavy (non-hydrogen) atoms. The number of halogens is 1. The third kappa shape index (κ3) is 7.00. The number of anilines is 1. The van der Waals surface area contributed by atoms with Crippen LogP contribution in [0.2, 0.25) is 0 Å². The zero-order valence-electron chi connectivity index (χ0n) is 26.5. The number of benzene rings is 2. The summed E-state index contributed by atoms with van der Waals surface area (Å²) in [5, 5.41) is 6.00. The van der Waals surface area contributed by atoms with E-state index >= 15 is 0 Å². The van der Waals surface area contributed by atoms with E-state index in [0.29, 0.717) is 43.0 Å². The zero-order valence-corrected chi connectivity index (χ0v) is 28.2. The van der Waals surface area contributed by atoms with Crippen molar-refractivity contribution in [2.24, 2.45) is 5.92 Å². The Bertz CT molecular complexity index is 1780. The third-order valence-corrected chi connectivity index (χ3v) is 12.7. The van der Waals surface area contributed by atoms with Crippen LogP contribution in [-0.2, 0) is 24.4 Å². The molecule has 14 heteroatoms. The molecule has 1 aromatic heterocycles. The van der Waals surface area contributed by atoms with Gasteiger partial charge in [-0.2, -0.15) is 0 Å². The Morgan fingerprint density at radius 3 is 2.56 bits per heavy atom. The van der Waals surface area contributed by atoms with Gasteiger partial charge in [0, 0.05) is 12.1 Å². The van der Waals surface area contributed by atoms with E-state index in [-0.39, 0.29) is 24.8 Å². The molecule has 11 nitrogen and oxygen atoms in total. The molecule has 4 aliphatic rings. The van der Waals surface area contributed by atoms with Crippen molar-refractivity contribution < 1.29 is 31.9 Å². The van der Waals surface area contributed by atoms with Gasteiger partial charge in [0.2, 0.25) is 21.8 Å². The second-order valence-electron chi connectivity index (χ2n) is 13.5. The number of hydrogen-bond acceptors (Lipinski definition) is 9. The molecule has 2 aromatic carbocycles. The molecule has 2 saturated carbocycles. The minimum absolute atomic E-state index is 0.104. The molecule has 0 unspecified atom stereocenters. The lowest BCUT2D eigenvalue weighted by molar-refractivity contribution is -0.140. The highest BCUT2D eigenvalue weighted by Gasteiger charge is 2.62. The summed E-state index contributed by atoms with van der Waals surface area (Å²) in [7, 11) is -3.83. The predicted octanol–water partition coefficient (Wildman–Crippen LogP) is 4.49. The van der Waals surface area contributed by atoms with E-state index in [2.05, 4.69) is 20.3 Å². The Balaban J connectivity index is 1.17. The van der Waals surface area contributed by atoms with Crippen LogP contribution >= 0.6 is 11.3 Å². The molecule has 5 atom stereocenters. The second kappa shape index (κ2) is 13.3. The van der Waals surface area contributed by atoms with Gasteiger partial charge in [-0.15, -0.1) is 0 Å². The fourth-order valence-electron chi connectivity index (χ4n) is 7.08. The van der Waals surface area contributed by atoms with Gasteiger partial charge in [0.25, 0.3) is 11.1 Å². The van der Waals surface area contributed by atoms with Crippen molar-refractivity contribution in [1.29, 1.82) is 0 Å². The Morgan fingerprint density at radius 1 is 1.02 bits per heavy atom. The van der Waals surface area contributed by atoms with Crippen LogP contribution in [0.4, 0.5) is 10.1 Å². The van der Waals surface area contributed by atoms with Gasteiger partial charge < -0.3 is 20.3 Å². The van der Waals surface area contributed by atoms with Crippen LogP contribution in [0.3, 0.4) is 0 Å². The first kappa shape index (κ1) is 32.8. The summed E-state index contributed by atoms with van der Waals surface area (Å²) in [4.78, 5) is 48.3. The van der Waals surface area contributed by atoms with Gasteiger partial charge in [0.05, 0.1) is 22.0 Å². The Kier molecular flexibility index (Phi) is 9.05. The largest absolute Gasteiger partial charge is 0.465 e. The van der Waals surface area contributed by atoms with Crippen LogP contribution in [0, 0.1) is 11.7 Å². The molecule has 3 N–H and O–H groups in total. The van der Waals surface area contributed by atoms with E-state index in [1.165, 1.54) is 28.4 Å². The lowest BCUT2D eigenvalue weighted by Crippen LogP contribution is -2.57. The number of nitrogens with one attached hydrogen (secondary N) is 3. The fraction of sp³-hybridized carbons (Fsp3) is 0.529. The molecular weight excluding hydrogens is 658 g/mol. The summed E-state index contributed by atoms with van der Waals surface area (Å²) in [5.41, 5.74) is -0.117. The van der Waals surface area contributed by atoms with Gasteiger partial charge in [-0.1, -0.05) is 61.6 Å². The number of nitrogens with zero attached hydrogens (tertiary/aromatic N) is 2. The molecule has 0 radical (unpaired) electrons. The smallest absolute Gasteiger partial charge is 0.274 e. The van der Waals surface area contributed by atoms with Crippen LogP contribution in [0.25, 0.3) is 10.2 Å². The number of rotatable bonds is 7. The van der Waals surface area contributed by atoms with Crippen molar-refractivity contribution in [3.63, 3.8) is 0 Å². The highest BCUT2D eigenvalue weighted by molar-refractivity contribution is 7.91. The molecule has 256 valence electrons. The summed E-state index contributed by atoms with van der Waals surface area (Å²) in [6.07, 6.45) is 6.42. The first-order valence-electron chi connectivity index (χ1n) is 16.8. The molecule has 0 spiro atoms. The number of hydrogen-bond donors (Lipinski definition) is 3. The summed E-state index contributed by atoms with van der Waals surface area (Å²) in [5.74, 6) is -2.20. The van der Waals surface area contributed by atoms with Crippen LogP contribution < -0.4 is 20.1 Å². The molecular formula is C34H40FN5O6S2. The van der Waals surface area contributed by atoms with Gasteiger partial charge in [0.15, 0.2) is 0 Å². The Morgan fingerprint density at radius 2 is 1.79 bits per heavy atom. The predicted molar refractivity (Wildman–Crippen MR) is 179 cm³/mol. The normalized spacial score (nSPS) is 28.4. The van der Waals surface area contributed by atoms with Gasteiger partial charge >= 0.3 is 0 Å². The molecule has 2 aliphatic heterocycles. The van der Waals surface area contributed by atoms with E-state index in [4.69, 9.17) is 4.74 Å². The molecule has 3 aromatic rings. The average Bonchev–Trinajstić information content (AvgIpc) is 3.94. The first-order valence-corrected chi connectivity index (χ1v) is 19.2. The maximum Gasteiger partial charge on any atom is 0.274 e. The topological polar surface area (TPSA) is 147 Å². The quantitative estimate of drug-likeness (QED) is 0.328. The SMILES string of the molecule is O=C1N[C@]2(C(=O)NS(=O)(=O)C3CC3)C[C@H]2CCCCCCC[C@H](Nc2cccc(F)c2)C(=O)N2C[C@H](Oc3nc4ccccc4s3)C[C@@H]12. The standard InChI is InChI=1S/C34H40FN5O6S2/c35-22-10-8-11-23(17-22)36-27-13-5-3-1-2-4-9-21-19-34(21,32(43)39-48(44,45)25-15-16-25)38-30(41)28-18-24(20-40(28)31(27)42)46-33-37-26-12-6-7-14-29(26)47-33/h6-8,10-12,14,17,21,24-25,27-28,36H,1-5,9,13,15-16,18-20H2,(H,38,41)(H,39,43)/t21-,24-,27+,28+,34-/m1/s1. The fourth-order valence-corrected chi connectivity index (χ4v) is 9.32. The van der Waals surface area contributed by atoms with Crippen molar-refractivity contribution >= 4 is 55.0 Å². The van der Waals surface area contributed by atoms with Crippen LogP contribution in [0.5, 0.6) is 5.19 Å². The highest BCUT2D eigenvalue weighted by Crippen LogP contribution is 2.48. The minimum atomic E-state index is -3.83. The number of ether oxygens (including phenoxy) is 1. The van der Waals surface area contributed by atoms with E-state index in [1.807, 2.05) is 24.3 Å². The summed E-state index contributed by atoms with van der Waals surface area (Å²) >= 11 is 1.38. The zero-order chi connectivity index (χ0) is 33.5. The summed E-state index contributed by atoms with van der Waals surface area (Å²) < 4.78 is 49.1. The van der Waals surface area contributed by atoms with E-state index in [9.17, 15) is 27.2 Å². The van der Waals surface area contributed by atoms with Gasteiger partial charge in [0.1, 0.15) is 29.5 Å². The van der Waals surface area contributed by atoms with E-state index in [0.717, 1.165) is 42.3 Å². The van der Waals surface area contributed by atoms with Crippen LogP contribution in [-0.4, -0.2) is 71.5 Å². The number of carbonyl (C=O) groups is 3. The summed E-state index contributed by atoms with van der Waals surface area (Å²) in [6.45, 7) is 0.104. The van der Waals surface area contributed by atoms with Crippen molar-refractivity contribution in [3.05, 3.63) is 54.3 Å². The van der Waals surface area contributed by atoms with Crippen molar-refractivity contribution in [2.75, 3.05) is 11.9 Å². The molecule has 2 aliphatic carbocycles. The van der Waals surface area contributed by atoms with Crippen LogP contribution in [0.1, 0.15) is 70.6 Å². The van der Waals surface area contributed by atoms with Gasteiger partial charge in [-0.3, -0.25) is 19.1 Å². The van der Waals surface area contributed by atoms with Crippen LogP contribution in [0.15, 0.2) is 48.5 Å². The summed E-state index contributed by atoms with van der Waals surface area (Å²) in [6, 6.07) is 11.9. The van der Waals surface area contributed by atoms with Gasteiger partial charge in [-0.25, -0.2) is 17.8 Å². The molecule has 2 saturated heterocycles. The second-order valence-corrected chi connectivity index (χ2v) is 16.5. The minimum Gasteiger partial charge on any atom is -0.465 e. The average molecular weight is 698 g/mol. The van der Waals surface area contributed by atoms with Gasteiger partial charge in [-0.05, 0) is 68.4 Å². The molecule has 3 heterocycles. The monoisotopic (exact) mass is 697 g/mol. The molecule has 4 fully saturated rings. The first-order chi connectivity index (χ1) is 23.1. The molecule has 7 rings (SSSR count). The lowest BCUT2D eigenvalue weighted by atomic mass is 10.0. The number of fused-ring (bicyclic) bond motifs is 3. The lowest BCUT2D eigenvalue weighted by Gasteiger charge is -2.30. The van der Waals surface area contributed by atoms with Crippen molar-refractivity contribution in [3.8, 4) is 5.19 Å². The number of carbonyl (C=O) groups excluding carboxylic acids is 3. The number of para-hydroxylation sites is 1. The Hall–Kier alpha value is -3.78. The molecule has 3 amide bonds. The highest BCUT2D eigenvalue weighted by atomic mass is 32.2.